The van der Waals surface area contributed by atoms with E-state index in [1.807, 2.05) is 38.1 Å². The fraction of sp³-hybridized carbons (Fsp3) is 0.350. The zero-order valence-corrected chi connectivity index (χ0v) is 14.1. The van der Waals surface area contributed by atoms with Gasteiger partial charge in [-0.2, -0.15) is 5.26 Å². The van der Waals surface area contributed by atoms with Crippen molar-refractivity contribution in [2.45, 2.75) is 26.3 Å². The topological polar surface area (TPSA) is 54.3 Å². The highest BCUT2D eigenvalue weighted by molar-refractivity contribution is 5.52. The minimum Gasteiger partial charge on any atom is -0.490 e. The molecule has 2 aromatic carbocycles. The first kappa shape index (κ1) is 16.4. The second-order valence-electron chi connectivity index (χ2n) is 5.73. The number of hydrogen-bond donors (Lipinski definition) is 1. The van der Waals surface area contributed by atoms with Crippen LogP contribution in [0.5, 0.6) is 11.5 Å². The highest BCUT2D eigenvalue weighted by Gasteiger charge is 2.24. The van der Waals surface area contributed by atoms with Gasteiger partial charge in [-0.15, -0.1) is 0 Å². The van der Waals surface area contributed by atoms with Crippen LogP contribution in [0.1, 0.15) is 42.1 Å². The number of nitriles is 1. The number of fused-ring (bicyclic) bond motifs is 1. The molecule has 1 aliphatic rings. The summed E-state index contributed by atoms with van der Waals surface area (Å²) in [6.07, 6.45) is 0.967. The monoisotopic (exact) mass is 322 g/mol. The molecule has 2 aromatic rings. The van der Waals surface area contributed by atoms with Gasteiger partial charge in [0.05, 0.1) is 30.9 Å². The number of nitrogens with one attached hydrogen (secondary N) is 1. The third-order valence-corrected chi connectivity index (χ3v) is 4.23. The lowest BCUT2D eigenvalue weighted by atomic mass is 9.89. The third kappa shape index (κ3) is 3.22. The van der Waals surface area contributed by atoms with E-state index in [2.05, 4.69) is 23.5 Å². The van der Waals surface area contributed by atoms with Crippen LogP contribution in [0, 0.1) is 11.3 Å². The van der Waals surface area contributed by atoms with Crippen molar-refractivity contribution < 1.29 is 9.47 Å². The molecule has 0 bridgehead atoms. The number of hydrogen-bond acceptors (Lipinski definition) is 4. The normalized spacial score (nSPS) is 16.1. The van der Waals surface area contributed by atoms with E-state index in [1.165, 1.54) is 11.1 Å². The standard InChI is InChI=1S/C20H22N2O2/c1-3-23-18-11-16-9-10-22-20(17(16)12-19(18)24-4-2)15-7-5-14(13-21)6-8-15/h5-8,11-12,20,22H,3-4,9-10H2,1-2H3/t20-/m1/s1. The number of nitrogens with zero attached hydrogens (tertiary/aromatic N) is 1. The molecule has 0 aromatic heterocycles. The third-order valence-electron chi connectivity index (χ3n) is 4.23. The lowest BCUT2D eigenvalue weighted by Crippen LogP contribution is -2.30. The summed E-state index contributed by atoms with van der Waals surface area (Å²) in [5, 5.41) is 12.5. The molecule has 4 heteroatoms. The molecule has 1 aliphatic heterocycles. The Morgan fingerprint density at radius 2 is 1.75 bits per heavy atom. The van der Waals surface area contributed by atoms with Gasteiger partial charge in [0.15, 0.2) is 11.5 Å². The van der Waals surface area contributed by atoms with Crippen LogP contribution in [0.25, 0.3) is 0 Å². The summed E-state index contributed by atoms with van der Waals surface area (Å²) in [5.41, 5.74) is 4.34. The van der Waals surface area contributed by atoms with Gasteiger partial charge < -0.3 is 14.8 Å². The zero-order valence-electron chi connectivity index (χ0n) is 14.1. The fourth-order valence-electron chi connectivity index (χ4n) is 3.15. The average Bonchev–Trinajstić information content (AvgIpc) is 2.62. The predicted octanol–water partition coefficient (Wildman–Crippen LogP) is 3.59. The van der Waals surface area contributed by atoms with E-state index >= 15 is 0 Å². The number of rotatable bonds is 5. The van der Waals surface area contributed by atoms with Gasteiger partial charge in [-0.05, 0) is 61.2 Å². The van der Waals surface area contributed by atoms with E-state index in [0.29, 0.717) is 18.8 Å². The van der Waals surface area contributed by atoms with Gasteiger partial charge in [-0.1, -0.05) is 12.1 Å². The van der Waals surface area contributed by atoms with E-state index in [9.17, 15) is 0 Å². The fourth-order valence-corrected chi connectivity index (χ4v) is 3.15. The SMILES string of the molecule is CCOc1cc2c(cc1OCC)[C@@H](c1ccc(C#N)cc1)NCC2. The van der Waals surface area contributed by atoms with Gasteiger partial charge in [0.2, 0.25) is 0 Å². The van der Waals surface area contributed by atoms with Crippen molar-refractivity contribution in [3.05, 3.63) is 58.7 Å². The Kier molecular flexibility index (Phi) is 5.02. The maximum Gasteiger partial charge on any atom is 0.161 e. The van der Waals surface area contributed by atoms with Crippen molar-refractivity contribution in [2.75, 3.05) is 19.8 Å². The zero-order chi connectivity index (χ0) is 16.9. The van der Waals surface area contributed by atoms with Crippen LogP contribution in [0.2, 0.25) is 0 Å². The summed E-state index contributed by atoms with van der Waals surface area (Å²) in [4.78, 5) is 0. The lowest BCUT2D eigenvalue weighted by Gasteiger charge is -2.29. The Morgan fingerprint density at radius 3 is 2.38 bits per heavy atom. The first-order valence-corrected chi connectivity index (χ1v) is 8.42. The van der Waals surface area contributed by atoms with Gasteiger partial charge in [0.1, 0.15) is 0 Å². The molecule has 1 atom stereocenters. The van der Waals surface area contributed by atoms with Crippen LogP contribution in [-0.4, -0.2) is 19.8 Å². The summed E-state index contributed by atoms with van der Waals surface area (Å²) in [5.74, 6) is 1.61. The second-order valence-corrected chi connectivity index (χ2v) is 5.73. The number of ether oxygens (including phenoxy) is 2. The minimum absolute atomic E-state index is 0.108. The van der Waals surface area contributed by atoms with Crippen LogP contribution >= 0.6 is 0 Å². The van der Waals surface area contributed by atoms with Crippen molar-refractivity contribution in [3.63, 3.8) is 0 Å². The van der Waals surface area contributed by atoms with E-state index in [1.54, 1.807) is 0 Å². The van der Waals surface area contributed by atoms with E-state index in [4.69, 9.17) is 14.7 Å². The first-order valence-electron chi connectivity index (χ1n) is 8.42. The smallest absolute Gasteiger partial charge is 0.161 e. The predicted molar refractivity (Wildman–Crippen MR) is 93.5 cm³/mol. The summed E-state index contributed by atoms with van der Waals surface area (Å²) < 4.78 is 11.5. The van der Waals surface area contributed by atoms with Crippen LogP contribution < -0.4 is 14.8 Å². The van der Waals surface area contributed by atoms with Crippen LogP contribution in [0.15, 0.2) is 36.4 Å². The Labute approximate surface area is 143 Å². The molecule has 4 nitrogen and oxygen atoms in total. The molecular formula is C20H22N2O2. The molecule has 1 N–H and O–H groups in total. The molecule has 0 radical (unpaired) electrons. The van der Waals surface area contributed by atoms with Crippen molar-refractivity contribution in [1.82, 2.24) is 5.32 Å². The Bertz CT molecular complexity index is 747. The van der Waals surface area contributed by atoms with Gasteiger partial charge >= 0.3 is 0 Å². The summed E-state index contributed by atoms with van der Waals surface area (Å²) in [6, 6.07) is 14.2. The molecule has 24 heavy (non-hydrogen) atoms. The first-order chi connectivity index (χ1) is 11.8. The van der Waals surface area contributed by atoms with Crippen molar-refractivity contribution >= 4 is 0 Å². The van der Waals surface area contributed by atoms with Crippen LogP contribution in [0.4, 0.5) is 0 Å². The maximum atomic E-state index is 8.98. The second kappa shape index (κ2) is 7.37. The van der Waals surface area contributed by atoms with Crippen molar-refractivity contribution in [2.24, 2.45) is 0 Å². The maximum absolute atomic E-state index is 8.98. The highest BCUT2D eigenvalue weighted by Crippen LogP contribution is 2.37. The molecule has 124 valence electrons. The molecular weight excluding hydrogens is 300 g/mol. The van der Waals surface area contributed by atoms with E-state index < -0.39 is 0 Å². The summed E-state index contributed by atoms with van der Waals surface area (Å²) >= 11 is 0. The van der Waals surface area contributed by atoms with Gasteiger partial charge in [0.25, 0.3) is 0 Å². The molecule has 0 fully saturated rings. The molecule has 1 heterocycles. The lowest BCUT2D eigenvalue weighted by molar-refractivity contribution is 0.286. The summed E-state index contributed by atoms with van der Waals surface area (Å²) in [7, 11) is 0. The van der Waals surface area contributed by atoms with Gasteiger partial charge in [-0.3, -0.25) is 0 Å². The molecule has 0 unspecified atom stereocenters. The Hall–Kier alpha value is -2.51. The summed E-state index contributed by atoms with van der Waals surface area (Å²) in [6.45, 7) is 6.10. The number of benzene rings is 2. The largest absolute Gasteiger partial charge is 0.490 e. The molecule has 0 spiro atoms. The minimum atomic E-state index is 0.108. The Balaban J connectivity index is 2.01. The molecule has 0 saturated carbocycles. The molecule has 0 saturated heterocycles. The van der Waals surface area contributed by atoms with E-state index in [0.717, 1.165) is 30.0 Å². The van der Waals surface area contributed by atoms with Crippen molar-refractivity contribution in [3.8, 4) is 17.6 Å². The Morgan fingerprint density at radius 1 is 1.08 bits per heavy atom. The van der Waals surface area contributed by atoms with Gasteiger partial charge in [-0.25, -0.2) is 0 Å². The molecule has 0 aliphatic carbocycles. The highest BCUT2D eigenvalue weighted by atomic mass is 16.5. The van der Waals surface area contributed by atoms with Crippen LogP contribution in [-0.2, 0) is 6.42 Å². The average molecular weight is 322 g/mol. The van der Waals surface area contributed by atoms with Crippen molar-refractivity contribution in [1.29, 1.82) is 5.26 Å². The van der Waals surface area contributed by atoms with E-state index in [-0.39, 0.29) is 6.04 Å². The van der Waals surface area contributed by atoms with Crippen LogP contribution in [0.3, 0.4) is 0 Å². The molecule has 0 amide bonds. The molecule has 3 rings (SSSR count). The quantitative estimate of drug-likeness (QED) is 0.914. The van der Waals surface area contributed by atoms with Gasteiger partial charge in [0, 0.05) is 6.54 Å².